The minimum absolute atomic E-state index is 0.122. The molecule has 0 bridgehead atoms. The van der Waals surface area contributed by atoms with Gasteiger partial charge in [-0.3, -0.25) is 24.6 Å². The van der Waals surface area contributed by atoms with E-state index < -0.39 is 17.9 Å². The number of amides is 2. The number of hydrogen-bond donors (Lipinski definition) is 2. The van der Waals surface area contributed by atoms with Gasteiger partial charge in [0.05, 0.1) is 6.20 Å². The highest BCUT2D eigenvalue weighted by atomic mass is 16.7. The Morgan fingerprint density at radius 3 is 2.69 bits per heavy atom. The first-order valence-electron chi connectivity index (χ1n) is 9.56. The van der Waals surface area contributed by atoms with Gasteiger partial charge in [-0.15, -0.1) is 0 Å². The minimum Gasteiger partial charge on any atom is -0.454 e. The number of ether oxygens (including phenoxy) is 2. The normalized spacial score (nSPS) is 30.6. The first kappa shape index (κ1) is 16.5. The molecule has 0 aromatic heterocycles. The van der Waals surface area contributed by atoms with E-state index in [0.717, 1.165) is 16.0 Å². The van der Waals surface area contributed by atoms with E-state index in [2.05, 4.69) is 5.32 Å². The molecule has 1 unspecified atom stereocenters. The molecule has 4 heterocycles. The van der Waals surface area contributed by atoms with Crippen molar-refractivity contribution in [2.45, 2.75) is 12.1 Å². The van der Waals surface area contributed by atoms with Crippen LogP contribution in [0.4, 0.5) is 0 Å². The Bertz CT molecular complexity index is 1120. The molecule has 2 aromatic carbocycles. The highest BCUT2D eigenvalue weighted by Gasteiger charge is 2.65. The standard InChI is InChI=1S/C22H16N2O5/c25-20(12-5-6-14-15(9-12)29-10-28-14)19-17-16(21(26)23-22(17)27)18-13-4-2-1-3-11(13)7-8-24(18)19/h1-9,16-19H,10H2,(H,23,26,27)/p+1/t16-,17+,18-,19-/m0/s1. The molecule has 29 heavy (non-hydrogen) atoms. The number of ketones is 1. The Balaban J connectivity index is 1.47. The average molecular weight is 389 g/mol. The van der Waals surface area contributed by atoms with Gasteiger partial charge in [-0.25, -0.2) is 0 Å². The van der Waals surface area contributed by atoms with E-state index in [9.17, 15) is 14.4 Å². The van der Waals surface area contributed by atoms with E-state index in [0.29, 0.717) is 17.1 Å². The fourth-order valence-corrected chi connectivity index (χ4v) is 5.20. The van der Waals surface area contributed by atoms with Crippen molar-refractivity contribution in [2.75, 3.05) is 6.79 Å². The van der Waals surface area contributed by atoms with Crippen LogP contribution in [0.25, 0.3) is 6.08 Å². The Labute approximate surface area is 165 Å². The number of benzene rings is 2. The van der Waals surface area contributed by atoms with Gasteiger partial charge in [0, 0.05) is 11.1 Å². The Morgan fingerprint density at radius 1 is 1.00 bits per heavy atom. The molecular weight excluding hydrogens is 372 g/mol. The molecule has 7 nitrogen and oxygen atoms in total. The third kappa shape index (κ3) is 2.19. The molecule has 6 rings (SSSR count). The minimum atomic E-state index is -0.698. The summed E-state index contributed by atoms with van der Waals surface area (Å²) in [6.07, 6.45) is 3.88. The number of quaternary nitrogens is 1. The van der Waals surface area contributed by atoms with E-state index >= 15 is 0 Å². The van der Waals surface area contributed by atoms with Gasteiger partial charge < -0.3 is 9.47 Å². The van der Waals surface area contributed by atoms with E-state index in [1.807, 2.05) is 36.5 Å². The summed E-state index contributed by atoms with van der Waals surface area (Å²) in [4.78, 5) is 39.8. The monoisotopic (exact) mass is 389 g/mol. The van der Waals surface area contributed by atoms with Gasteiger partial charge in [0.25, 0.3) is 0 Å². The van der Waals surface area contributed by atoms with E-state index in [1.54, 1.807) is 18.2 Å². The molecule has 2 aromatic rings. The van der Waals surface area contributed by atoms with Gasteiger partial charge in [-0.2, -0.15) is 0 Å². The van der Waals surface area contributed by atoms with Crippen molar-refractivity contribution in [2.24, 2.45) is 11.8 Å². The van der Waals surface area contributed by atoms with Crippen LogP contribution in [-0.4, -0.2) is 30.4 Å². The summed E-state index contributed by atoms with van der Waals surface area (Å²) in [5.41, 5.74) is 2.46. The third-order valence-corrected chi connectivity index (χ3v) is 6.40. The molecule has 4 aliphatic rings. The van der Waals surface area contributed by atoms with Gasteiger partial charge in [-0.05, 0) is 29.8 Å². The molecule has 2 N–H and O–H groups in total. The summed E-state index contributed by atoms with van der Waals surface area (Å²) in [6.45, 7) is 0.122. The molecule has 2 saturated heterocycles. The second-order valence-electron chi connectivity index (χ2n) is 7.75. The number of imide groups is 1. The highest BCUT2D eigenvalue weighted by Crippen LogP contribution is 2.41. The summed E-state index contributed by atoms with van der Waals surface area (Å²) in [7, 11) is 0. The zero-order chi connectivity index (χ0) is 19.7. The first-order valence-corrected chi connectivity index (χ1v) is 9.56. The zero-order valence-corrected chi connectivity index (χ0v) is 15.3. The van der Waals surface area contributed by atoms with Gasteiger partial charge >= 0.3 is 0 Å². The van der Waals surface area contributed by atoms with Crippen molar-refractivity contribution in [1.82, 2.24) is 5.32 Å². The highest BCUT2D eigenvalue weighted by molar-refractivity contribution is 6.11. The number of carbonyl (C=O) groups is 3. The van der Waals surface area contributed by atoms with Crippen LogP contribution >= 0.6 is 0 Å². The number of rotatable bonds is 2. The number of Topliss-reactive ketones (excluding diaryl/α,β-unsaturated/α-hetero) is 1. The molecule has 0 saturated carbocycles. The lowest BCUT2D eigenvalue weighted by Gasteiger charge is -2.29. The zero-order valence-electron chi connectivity index (χ0n) is 15.3. The van der Waals surface area contributed by atoms with E-state index in [4.69, 9.17) is 9.47 Å². The molecule has 7 heteroatoms. The van der Waals surface area contributed by atoms with Crippen LogP contribution in [-0.2, 0) is 9.59 Å². The van der Waals surface area contributed by atoms with Gasteiger partial charge in [0.1, 0.15) is 17.9 Å². The molecule has 0 radical (unpaired) electrons. The maximum Gasteiger partial charge on any atom is 0.237 e. The van der Waals surface area contributed by atoms with E-state index in [-0.39, 0.29) is 30.4 Å². The van der Waals surface area contributed by atoms with Crippen molar-refractivity contribution < 1.29 is 28.8 Å². The van der Waals surface area contributed by atoms with Crippen LogP contribution < -0.4 is 19.7 Å². The third-order valence-electron chi connectivity index (χ3n) is 6.40. The van der Waals surface area contributed by atoms with Crippen molar-refractivity contribution in [3.05, 3.63) is 65.4 Å². The topological polar surface area (TPSA) is 86.1 Å². The van der Waals surface area contributed by atoms with Gasteiger partial charge in [0.2, 0.25) is 24.4 Å². The maximum absolute atomic E-state index is 13.6. The number of fused-ring (bicyclic) bond motifs is 6. The SMILES string of the molecule is O=C1NC(=O)[C@H]2[C@@H]1[C@@H](C(=O)c1ccc3c(c1)OCO3)[NH+]1C=Cc3ccccc3[C@@H]21. The summed E-state index contributed by atoms with van der Waals surface area (Å²) < 4.78 is 10.7. The van der Waals surface area contributed by atoms with Crippen molar-refractivity contribution >= 4 is 23.7 Å². The lowest BCUT2D eigenvalue weighted by molar-refractivity contribution is -0.884. The second-order valence-corrected chi connectivity index (χ2v) is 7.75. The smallest absolute Gasteiger partial charge is 0.237 e. The lowest BCUT2D eigenvalue weighted by atomic mass is 9.83. The average Bonchev–Trinajstić information content (AvgIpc) is 3.41. The molecule has 0 spiro atoms. The maximum atomic E-state index is 13.6. The molecule has 2 amide bonds. The Morgan fingerprint density at radius 2 is 1.79 bits per heavy atom. The fourth-order valence-electron chi connectivity index (χ4n) is 5.20. The number of hydrogen-bond acceptors (Lipinski definition) is 5. The van der Waals surface area contributed by atoms with Gasteiger partial charge in [-0.1, -0.05) is 24.3 Å². The first-order chi connectivity index (χ1) is 14.1. The molecule has 2 fully saturated rings. The van der Waals surface area contributed by atoms with Crippen molar-refractivity contribution in [3.63, 3.8) is 0 Å². The van der Waals surface area contributed by atoms with Crippen LogP contribution in [0.15, 0.2) is 48.7 Å². The van der Waals surface area contributed by atoms with Crippen LogP contribution in [0.3, 0.4) is 0 Å². The second kappa shape index (κ2) is 5.78. The predicted molar refractivity (Wildman–Crippen MR) is 100.0 cm³/mol. The molecule has 5 atom stereocenters. The summed E-state index contributed by atoms with van der Waals surface area (Å²) in [5, 5.41) is 2.45. The molecule has 4 aliphatic heterocycles. The van der Waals surface area contributed by atoms with Crippen molar-refractivity contribution in [3.8, 4) is 11.5 Å². The molecule has 144 valence electrons. The van der Waals surface area contributed by atoms with Crippen LogP contribution in [0.5, 0.6) is 11.5 Å². The largest absolute Gasteiger partial charge is 0.454 e. The summed E-state index contributed by atoms with van der Waals surface area (Å²) >= 11 is 0. The van der Waals surface area contributed by atoms with Crippen LogP contribution in [0, 0.1) is 11.8 Å². The quantitative estimate of drug-likeness (QED) is 0.577. The van der Waals surface area contributed by atoms with Gasteiger partial charge in [0.15, 0.2) is 17.5 Å². The van der Waals surface area contributed by atoms with E-state index in [1.165, 1.54) is 0 Å². The lowest BCUT2D eigenvalue weighted by Crippen LogP contribution is -3.12. The molecular formula is C22H17N2O5+. The molecule has 0 aliphatic carbocycles. The summed E-state index contributed by atoms with van der Waals surface area (Å²) in [6, 6.07) is 11.9. The Hall–Kier alpha value is -3.45. The summed E-state index contributed by atoms with van der Waals surface area (Å²) in [5.74, 6) is -0.993. The predicted octanol–water partition coefficient (Wildman–Crippen LogP) is 0.480. The number of nitrogens with one attached hydrogen (secondary N) is 2. The van der Waals surface area contributed by atoms with Crippen LogP contribution in [0.2, 0.25) is 0 Å². The Kier molecular flexibility index (Phi) is 3.29. The fraction of sp³-hybridized carbons (Fsp3) is 0.227. The number of carbonyl (C=O) groups excluding carboxylic acids is 3. The van der Waals surface area contributed by atoms with Crippen molar-refractivity contribution in [1.29, 1.82) is 0 Å². The van der Waals surface area contributed by atoms with Crippen LogP contribution in [0.1, 0.15) is 27.5 Å².